The number of thioether (sulfide) groups is 1. The molecule has 0 bridgehead atoms. The second-order valence-electron chi connectivity index (χ2n) is 7.25. The number of piperidine rings is 1. The van der Waals surface area contributed by atoms with Crippen LogP contribution in [0.1, 0.15) is 52.0 Å². The SMILES string of the molecule is CC(C)(C)SCC1CCCCN1C(=O)CCc1ccccc1F. The lowest BCUT2D eigenvalue weighted by atomic mass is 10.0. The number of likely N-dealkylation sites (tertiary alicyclic amines) is 1. The molecule has 1 unspecified atom stereocenters. The Bertz CT molecular complexity index is 526. The summed E-state index contributed by atoms with van der Waals surface area (Å²) in [4.78, 5) is 14.7. The van der Waals surface area contributed by atoms with Crippen molar-refractivity contribution in [1.82, 2.24) is 4.90 Å². The molecule has 0 aliphatic carbocycles. The second-order valence-corrected chi connectivity index (χ2v) is 9.10. The van der Waals surface area contributed by atoms with Crippen molar-refractivity contribution in [3.63, 3.8) is 0 Å². The van der Waals surface area contributed by atoms with E-state index in [0.717, 1.165) is 25.1 Å². The average molecular weight is 338 g/mol. The first kappa shape index (κ1) is 18.3. The van der Waals surface area contributed by atoms with Crippen LogP contribution in [0.5, 0.6) is 0 Å². The summed E-state index contributed by atoms with van der Waals surface area (Å²) in [6.07, 6.45) is 4.27. The molecule has 1 aliphatic rings. The minimum absolute atomic E-state index is 0.174. The van der Waals surface area contributed by atoms with E-state index in [2.05, 4.69) is 20.8 Å². The monoisotopic (exact) mass is 337 g/mol. The van der Waals surface area contributed by atoms with Gasteiger partial charge in [-0.25, -0.2) is 4.39 Å². The van der Waals surface area contributed by atoms with Crippen molar-refractivity contribution in [2.24, 2.45) is 0 Å². The Balaban J connectivity index is 1.91. The molecule has 2 nitrogen and oxygen atoms in total. The van der Waals surface area contributed by atoms with Crippen LogP contribution in [0.4, 0.5) is 4.39 Å². The maximum atomic E-state index is 13.7. The number of halogens is 1. The van der Waals surface area contributed by atoms with Crippen LogP contribution < -0.4 is 0 Å². The van der Waals surface area contributed by atoms with Gasteiger partial charge >= 0.3 is 0 Å². The Labute approximate surface area is 143 Å². The van der Waals surface area contributed by atoms with Crippen molar-refractivity contribution in [3.8, 4) is 0 Å². The van der Waals surface area contributed by atoms with Crippen molar-refractivity contribution < 1.29 is 9.18 Å². The number of amides is 1. The van der Waals surface area contributed by atoms with E-state index in [1.807, 2.05) is 22.7 Å². The van der Waals surface area contributed by atoms with E-state index < -0.39 is 0 Å². The highest BCUT2D eigenvalue weighted by Crippen LogP contribution is 2.29. The summed E-state index contributed by atoms with van der Waals surface area (Å²) >= 11 is 1.92. The molecule has 1 amide bonds. The Hall–Kier alpha value is -1.03. The van der Waals surface area contributed by atoms with E-state index in [0.29, 0.717) is 24.4 Å². The van der Waals surface area contributed by atoms with Gasteiger partial charge in [-0.05, 0) is 37.3 Å². The molecular formula is C19H28FNOS. The molecule has 0 N–H and O–H groups in total. The topological polar surface area (TPSA) is 20.3 Å². The first-order chi connectivity index (χ1) is 10.9. The lowest BCUT2D eigenvalue weighted by molar-refractivity contribution is -0.134. The summed E-state index contributed by atoms with van der Waals surface area (Å²) in [5, 5.41) is 0. The molecule has 0 saturated carbocycles. The fraction of sp³-hybridized carbons (Fsp3) is 0.632. The lowest BCUT2D eigenvalue weighted by Crippen LogP contribution is -2.45. The molecule has 1 aromatic carbocycles. The van der Waals surface area contributed by atoms with Gasteiger partial charge in [0.1, 0.15) is 5.82 Å². The largest absolute Gasteiger partial charge is 0.339 e. The standard InChI is InChI=1S/C19H28FNOS/c1-19(2,3)23-14-16-9-6-7-13-21(16)18(22)12-11-15-8-4-5-10-17(15)20/h4-5,8,10,16H,6-7,9,11-14H2,1-3H3. The molecule has 2 rings (SSSR count). The number of hydrogen-bond acceptors (Lipinski definition) is 2. The maximum absolute atomic E-state index is 13.7. The molecule has 0 spiro atoms. The molecule has 1 aromatic rings. The first-order valence-corrected chi connectivity index (χ1v) is 9.52. The molecule has 1 saturated heterocycles. The van der Waals surface area contributed by atoms with Crippen LogP contribution in [0.2, 0.25) is 0 Å². The zero-order valence-electron chi connectivity index (χ0n) is 14.5. The molecule has 1 aliphatic heterocycles. The lowest BCUT2D eigenvalue weighted by Gasteiger charge is -2.37. The molecule has 128 valence electrons. The van der Waals surface area contributed by atoms with Crippen LogP contribution in [-0.2, 0) is 11.2 Å². The van der Waals surface area contributed by atoms with Crippen molar-refractivity contribution >= 4 is 17.7 Å². The van der Waals surface area contributed by atoms with Gasteiger partial charge < -0.3 is 4.90 Å². The highest BCUT2D eigenvalue weighted by Gasteiger charge is 2.27. The van der Waals surface area contributed by atoms with Crippen LogP contribution in [0.25, 0.3) is 0 Å². The summed E-state index contributed by atoms with van der Waals surface area (Å²) in [5.41, 5.74) is 0.637. The van der Waals surface area contributed by atoms with E-state index in [1.54, 1.807) is 12.1 Å². The van der Waals surface area contributed by atoms with Crippen molar-refractivity contribution in [2.45, 2.75) is 63.7 Å². The summed E-state index contributed by atoms with van der Waals surface area (Å²) in [7, 11) is 0. The number of nitrogens with zero attached hydrogens (tertiary/aromatic N) is 1. The maximum Gasteiger partial charge on any atom is 0.223 e. The van der Waals surface area contributed by atoms with E-state index in [9.17, 15) is 9.18 Å². The molecule has 1 atom stereocenters. The number of hydrogen-bond donors (Lipinski definition) is 0. The number of carbonyl (C=O) groups excluding carboxylic acids is 1. The Morgan fingerprint density at radius 3 is 2.74 bits per heavy atom. The van der Waals surface area contributed by atoms with Gasteiger partial charge in [0.25, 0.3) is 0 Å². The summed E-state index contributed by atoms with van der Waals surface area (Å²) in [6, 6.07) is 7.08. The molecule has 0 aromatic heterocycles. The zero-order chi connectivity index (χ0) is 16.9. The van der Waals surface area contributed by atoms with Crippen LogP contribution >= 0.6 is 11.8 Å². The first-order valence-electron chi connectivity index (χ1n) is 8.53. The molecular weight excluding hydrogens is 309 g/mol. The normalized spacial score (nSPS) is 19.0. The third-order valence-corrected chi connectivity index (χ3v) is 5.64. The van der Waals surface area contributed by atoms with Crippen molar-refractivity contribution in [1.29, 1.82) is 0 Å². The third-order valence-electron chi connectivity index (χ3n) is 4.22. The predicted octanol–water partition coefficient (Wildman–Crippen LogP) is 4.67. The number of carbonyl (C=O) groups is 1. The Morgan fingerprint density at radius 2 is 2.04 bits per heavy atom. The molecule has 23 heavy (non-hydrogen) atoms. The van der Waals surface area contributed by atoms with Gasteiger partial charge in [0.05, 0.1) is 0 Å². The van der Waals surface area contributed by atoms with Crippen LogP contribution in [0.15, 0.2) is 24.3 Å². The van der Waals surface area contributed by atoms with Gasteiger partial charge in [-0.2, -0.15) is 11.8 Å². The Morgan fingerprint density at radius 1 is 1.30 bits per heavy atom. The highest BCUT2D eigenvalue weighted by atomic mass is 32.2. The van der Waals surface area contributed by atoms with Gasteiger partial charge in [-0.3, -0.25) is 4.79 Å². The summed E-state index contributed by atoms with van der Waals surface area (Å²) in [6.45, 7) is 7.49. The predicted molar refractivity (Wildman–Crippen MR) is 96.3 cm³/mol. The van der Waals surface area contributed by atoms with Crippen LogP contribution in [-0.4, -0.2) is 33.9 Å². The zero-order valence-corrected chi connectivity index (χ0v) is 15.3. The highest BCUT2D eigenvalue weighted by molar-refractivity contribution is 8.00. The van der Waals surface area contributed by atoms with Gasteiger partial charge in [0.2, 0.25) is 5.91 Å². The van der Waals surface area contributed by atoms with Crippen LogP contribution in [0, 0.1) is 5.82 Å². The fourth-order valence-electron chi connectivity index (χ4n) is 2.93. The van der Waals surface area contributed by atoms with Crippen molar-refractivity contribution in [2.75, 3.05) is 12.3 Å². The molecule has 4 heteroatoms. The van der Waals surface area contributed by atoms with E-state index in [-0.39, 0.29) is 16.5 Å². The van der Waals surface area contributed by atoms with E-state index in [4.69, 9.17) is 0 Å². The van der Waals surface area contributed by atoms with Crippen molar-refractivity contribution in [3.05, 3.63) is 35.6 Å². The number of rotatable bonds is 5. The van der Waals surface area contributed by atoms with E-state index >= 15 is 0 Å². The van der Waals surface area contributed by atoms with Gasteiger partial charge in [-0.15, -0.1) is 0 Å². The van der Waals surface area contributed by atoms with Gasteiger partial charge in [0.15, 0.2) is 0 Å². The summed E-state index contributed by atoms with van der Waals surface area (Å²) < 4.78 is 13.9. The molecule has 0 radical (unpaired) electrons. The van der Waals surface area contributed by atoms with E-state index in [1.165, 1.54) is 12.5 Å². The van der Waals surface area contributed by atoms with Gasteiger partial charge in [-0.1, -0.05) is 39.0 Å². The quantitative estimate of drug-likeness (QED) is 0.778. The Kier molecular flexibility index (Phi) is 6.51. The third kappa shape index (κ3) is 5.83. The minimum atomic E-state index is -0.209. The summed E-state index contributed by atoms with van der Waals surface area (Å²) in [5.74, 6) is 0.959. The smallest absolute Gasteiger partial charge is 0.223 e. The minimum Gasteiger partial charge on any atom is -0.339 e. The fourth-order valence-corrected chi connectivity index (χ4v) is 3.97. The number of benzene rings is 1. The average Bonchev–Trinajstić information content (AvgIpc) is 2.51. The van der Waals surface area contributed by atoms with Crippen LogP contribution in [0.3, 0.4) is 0 Å². The number of aryl methyl sites for hydroxylation is 1. The molecule has 1 heterocycles. The van der Waals surface area contributed by atoms with Gasteiger partial charge in [0, 0.05) is 29.5 Å². The second kappa shape index (κ2) is 8.18. The molecule has 1 fully saturated rings.